The second kappa shape index (κ2) is 7.95. The molecule has 0 spiro atoms. The Labute approximate surface area is 164 Å². The third kappa shape index (κ3) is 3.56. The quantitative estimate of drug-likeness (QED) is 0.491. The van der Waals surface area contributed by atoms with Gasteiger partial charge in [-0.3, -0.25) is 4.98 Å². The number of hydrogen-bond acceptors (Lipinski definition) is 2. The zero-order valence-electron chi connectivity index (χ0n) is 16.2. The molecule has 1 unspecified atom stereocenters. The van der Waals surface area contributed by atoms with Gasteiger partial charge in [-0.2, -0.15) is 0 Å². The third-order valence-corrected chi connectivity index (χ3v) is 5.42. The summed E-state index contributed by atoms with van der Waals surface area (Å²) in [4.78, 5) is 4.21. The Bertz CT molecular complexity index is 1090. The zero-order chi connectivity index (χ0) is 19.5. The van der Waals surface area contributed by atoms with Crippen LogP contribution in [0.3, 0.4) is 0 Å². The number of nitrogens with one attached hydrogen (secondary N) is 1. The topological polar surface area (TPSA) is 29.9 Å². The van der Waals surface area contributed by atoms with Gasteiger partial charge in [-0.25, -0.2) is 4.39 Å². The molecule has 0 aliphatic heterocycles. The van der Waals surface area contributed by atoms with Crippen LogP contribution in [0.4, 0.5) is 4.39 Å². The van der Waals surface area contributed by atoms with E-state index in [-0.39, 0.29) is 11.9 Å². The van der Waals surface area contributed by atoms with Gasteiger partial charge < -0.3 is 9.88 Å². The van der Waals surface area contributed by atoms with Gasteiger partial charge in [-0.1, -0.05) is 42.5 Å². The van der Waals surface area contributed by atoms with Crippen molar-refractivity contribution < 1.29 is 4.39 Å². The largest absolute Gasteiger partial charge is 0.340 e. The lowest BCUT2D eigenvalue weighted by Gasteiger charge is -2.14. The predicted octanol–water partition coefficient (Wildman–Crippen LogP) is 5.38. The van der Waals surface area contributed by atoms with Crippen LogP contribution in [-0.2, 0) is 13.1 Å². The lowest BCUT2D eigenvalue weighted by atomic mass is 10.1. The van der Waals surface area contributed by atoms with E-state index in [2.05, 4.69) is 53.0 Å². The number of halogens is 1. The smallest absolute Gasteiger partial charge is 0.128 e. The fourth-order valence-electron chi connectivity index (χ4n) is 3.73. The van der Waals surface area contributed by atoms with Gasteiger partial charge in [0.05, 0.1) is 6.54 Å². The monoisotopic (exact) mass is 373 g/mol. The van der Waals surface area contributed by atoms with Crippen LogP contribution in [0.2, 0.25) is 0 Å². The second-order valence-electron chi connectivity index (χ2n) is 7.15. The normalized spacial score (nSPS) is 12.4. The van der Waals surface area contributed by atoms with Gasteiger partial charge in [0.2, 0.25) is 0 Å². The summed E-state index contributed by atoms with van der Waals surface area (Å²) in [5.41, 5.74) is 5.41. The number of rotatable bonds is 6. The molecular formula is C24H24FN3. The molecule has 0 fully saturated rings. The molecule has 4 rings (SSSR count). The molecule has 2 heterocycles. The summed E-state index contributed by atoms with van der Waals surface area (Å²) in [6, 6.07) is 19.6. The molecule has 1 atom stereocenters. The van der Waals surface area contributed by atoms with E-state index >= 15 is 0 Å². The molecule has 0 saturated heterocycles. The molecule has 28 heavy (non-hydrogen) atoms. The van der Waals surface area contributed by atoms with Gasteiger partial charge in [0, 0.05) is 47.1 Å². The summed E-state index contributed by atoms with van der Waals surface area (Å²) in [7, 11) is 0. The van der Waals surface area contributed by atoms with E-state index in [1.54, 1.807) is 12.3 Å². The maximum absolute atomic E-state index is 14.2. The van der Waals surface area contributed by atoms with Crippen molar-refractivity contribution in [1.29, 1.82) is 0 Å². The summed E-state index contributed by atoms with van der Waals surface area (Å²) in [6.45, 7) is 5.53. The van der Waals surface area contributed by atoms with Gasteiger partial charge in [0.15, 0.2) is 0 Å². The maximum atomic E-state index is 14.2. The summed E-state index contributed by atoms with van der Waals surface area (Å²) in [5.74, 6) is -0.162. The molecular weight excluding hydrogens is 349 g/mol. The SMILES string of the molecule is Cc1c(CNC(C)c2cccnc2)c2ccccc2n1Cc1ccccc1F. The van der Waals surface area contributed by atoms with E-state index in [0.29, 0.717) is 12.1 Å². The fraction of sp³-hybridized carbons (Fsp3) is 0.208. The molecule has 4 aromatic rings. The number of benzene rings is 2. The van der Waals surface area contributed by atoms with E-state index in [9.17, 15) is 4.39 Å². The van der Waals surface area contributed by atoms with E-state index in [1.165, 1.54) is 17.0 Å². The van der Waals surface area contributed by atoms with Gasteiger partial charge >= 0.3 is 0 Å². The minimum Gasteiger partial charge on any atom is -0.340 e. The van der Waals surface area contributed by atoms with Gasteiger partial charge in [0.25, 0.3) is 0 Å². The fourth-order valence-corrected chi connectivity index (χ4v) is 3.73. The Morgan fingerprint density at radius 3 is 2.61 bits per heavy atom. The van der Waals surface area contributed by atoms with Crippen LogP contribution >= 0.6 is 0 Å². The number of fused-ring (bicyclic) bond motifs is 1. The maximum Gasteiger partial charge on any atom is 0.128 e. The zero-order valence-corrected chi connectivity index (χ0v) is 16.2. The van der Waals surface area contributed by atoms with Crippen LogP contribution < -0.4 is 5.32 Å². The number of para-hydroxylation sites is 1. The molecule has 0 aliphatic rings. The Balaban J connectivity index is 1.66. The Kier molecular flexibility index (Phi) is 5.22. The van der Waals surface area contributed by atoms with Crippen LogP contribution in [0.15, 0.2) is 73.1 Å². The Morgan fingerprint density at radius 1 is 1.04 bits per heavy atom. The third-order valence-electron chi connectivity index (χ3n) is 5.42. The summed E-state index contributed by atoms with van der Waals surface area (Å²) in [6.07, 6.45) is 3.68. The first kappa shape index (κ1) is 18.4. The minimum absolute atomic E-state index is 0.162. The molecule has 0 amide bonds. The highest BCUT2D eigenvalue weighted by Gasteiger charge is 2.16. The summed E-state index contributed by atoms with van der Waals surface area (Å²) in [5, 5.41) is 4.82. The van der Waals surface area contributed by atoms with Crippen LogP contribution in [0, 0.1) is 12.7 Å². The minimum atomic E-state index is -0.162. The molecule has 0 saturated carbocycles. The molecule has 0 radical (unpaired) electrons. The summed E-state index contributed by atoms with van der Waals surface area (Å²) < 4.78 is 16.4. The van der Waals surface area contributed by atoms with Crippen molar-refractivity contribution in [3.63, 3.8) is 0 Å². The molecule has 3 nitrogen and oxygen atoms in total. The van der Waals surface area contributed by atoms with E-state index in [0.717, 1.165) is 23.3 Å². The van der Waals surface area contributed by atoms with E-state index in [4.69, 9.17) is 0 Å². The van der Waals surface area contributed by atoms with Crippen molar-refractivity contribution in [2.75, 3.05) is 0 Å². The van der Waals surface area contributed by atoms with Crippen molar-refractivity contribution >= 4 is 10.9 Å². The van der Waals surface area contributed by atoms with Crippen molar-refractivity contribution in [3.8, 4) is 0 Å². The lowest BCUT2D eigenvalue weighted by Crippen LogP contribution is -2.18. The van der Waals surface area contributed by atoms with Crippen molar-refractivity contribution in [2.24, 2.45) is 0 Å². The molecule has 2 aromatic carbocycles. The number of hydrogen-bond donors (Lipinski definition) is 1. The number of pyridine rings is 1. The van der Waals surface area contributed by atoms with Crippen LogP contribution in [0.25, 0.3) is 10.9 Å². The first-order valence-electron chi connectivity index (χ1n) is 9.58. The van der Waals surface area contributed by atoms with Crippen LogP contribution in [-0.4, -0.2) is 9.55 Å². The van der Waals surface area contributed by atoms with Gasteiger partial charge in [-0.15, -0.1) is 0 Å². The average Bonchev–Trinajstić information content (AvgIpc) is 3.00. The van der Waals surface area contributed by atoms with Crippen molar-refractivity contribution in [3.05, 3.63) is 101 Å². The number of nitrogens with zero attached hydrogens (tertiary/aromatic N) is 2. The first-order valence-corrected chi connectivity index (χ1v) is 9.58. The highest BCUT2D eigenvalue weighted by atomic mass is 19.1. The van der Waals surface area contributed by atoms with Crippen LogP contribution in [0.1, 0.15) is 35.3 Å². The molecule has 0 bridgehead atoms. The van der Waals surface area contributed by atoms with Gasteiger partial charge in [-0.05, 0) is 43.2 Å². The molecule has 1 N–H and O–H groups in total. The predicted molar refractivity (Wildman–Crippen MR) is 112 cm³/mol. The molecule has 2 aromatic heterocycles. The van der Waals surface area contributed by atoms with Crippen molar-refractivity contribution in [2.45, 2.75) is 33.0 Å². The van der Waals surface area contributed by atoms with Crippen LogP contribution in [0.5, 0.6) is 0 Å². The average molecular weight is 373 g/mol. The van der Waals surface area contributed by atoms with Crippen molar-refractivity contribution in [1.82, 2.24) is 14.9 Å². The standard InChI is InChI=1S/C24H24FN3/c1-17(19-9-7-13-26-14-19)27-15-22-18(2)28(24-12-6-4-10-21(22)24)16-20-8-3-5-11-23(20)25/h3-14,17,27H,15-16H2,1-2H3. The highest BCUT2D eigenvalue weighted by molar-refractivity contribution is 5.85. The van der Waals surface area contributed by atoms with Gasteiger partial charge in [0.1, 0.15) is 5.82 Å². The van der Waals surface area contributed by atoms with E-state index < -0.39 is 0 Å². The second-order valence-corrected chi connectivity index (χ2v) is 7.15. The number of aromatic nitrogens is 2. The molecule has 142 valence electrons. The Morgan fingerprint density at radius 2 is 1.82 bits per heavy atom. The Hall–Kier alpha value is -2.98. The highest BCUT2D eigenvalue weighted by Crippen LogP contribution is 2.28. The van der Waals surface area contributed by atoms with E-state index in [1.807, 2.05) is 30.5 Å². The lowest BCUT2D eigenvalue weighted by molar-refractivity contribution is 0.570. The summed E-state index contributed by atoms with van der Waals surface area (Å²) >= 11 is 0. The molecule has 4 heteroatoms. The molecule has 0 aliphatic carbocycles. The first-order chi connectivity index (χ1) is 13.6.